The van der Waals surface area contributed by atoms with Crippen LogP contribution in [0, 0.1) is 0 Å². The summed E-state index contributed by atoms with van der Waals surface area (Å²) in [4.78, 5) is 27.0. The number of esters is 2. The van der Waals surface area contributed by atoms with Crippen molar-refractivity contribution in [3.63, 3.8) is 0 Å². The summed E-state index contributed by atoms with van der Waals surface area (Å²) in [6.45, 7) is 0.222. The van der Waals surface area contributed by atoms with Crippen LogP contribution < -0.4 is 10.5 Å². The average Bonchev–Trinajstić information content (AvgIpc) is 2.57. The number of benzene rings is 1. The van der Waals surface area contributed by atoms with E-state index in [4.69, 9.17) is 10.5 Å². The smallest absolute Gasteiger partial charge is 0.356 e. The first kappa shape index (κ1) is 17.2. The van der Waals surface area contributed by atoms with Crippen molar-refractivity contribution >= 4 is 17.7 Å². The Balaban J connectivity index is 2.95. The quantitative estimate of drug-likeness (QED) is 0.474. The van der Waals surface area contributed by atoms with Gasteiger partial charge in [0, 0.05) is 6.08 Å². The fraction of sp³-hybridized carbons (Fsp3) is 0.267. The molecule has 0 aliphatic heterocycles. The summed E-state index contributed by atoms with van der Waals surface area (Å²) in [6.07, 6.45) is 1.13. The number of aliphatic imine (C=N–C) groups is 1. The van der Waals surface area contributed by atoms with Crippen molar-refractivity contribution in [3.05, 3.63) is 41.6 Å². The molecule has 2 N–H and O–H groups in total. The zero-order chi connectivity index (χ0) is 16.5. The summed E-state index contributed by atoms with van der Waals surface area (Å²) in [5.74, 6) is -0.725. The zero-order valence-electron chi connectivity index (χ0n) is 12.7. The van der Waals surface area contributed by atoms with Crippen LogP contribution in [-0.2, 0) is 25.6 Å². The second-order valence-corrected chi connectivity index (χ2v) is 4.13. The topological polar surface area (TPSA) is 100 Å². The normalized spacial score (nSPS) is 11.8. The molecule has 0 unspecified atom stereocenters. The molecule has 1 rings (SSSR count). The van der Waals surface area contributed by atoms with E-state index in [-0.39, 0.29) is 18.0 Å². The van der Waals surface area contributed by atoms with Gasteiger partial charge in [-0.1, -0.05) is 12.1 Å². The van der Waals surface area contributed by atoms with Crippen molar-refractivity contribution in [2.45, 2.75) is 6.54 Å². The van der Waals surface area contributed by atoms with Gasteiger partial charge in [0.15, 0.2) is 0 Å². The highest BCUT2D eigenvalue weighted by molar-refractivity contribution is 6.41. The Labute approximate surface area is 128 Å². The van der Waals surface area contributed by atoms with Gasteiger partial charge in [-0.15, -0.1) is 0 Å². The molecule has 0 amide bonds. The Kier molecular flexibility index (Phi) is 6.62. The zero-order valence-corrected chi connectivity index (χ0v) is 12.7. The van der Waals surface area contributed by atoms with Crippen LogP contribution in [0.1, 0.15) is 5.56 Å². The van der Waals surface area contributed by atoms with Crippen LogP contribution >= 0.6 is 0 Å². The monoisotopic (exact) mass is 306 g/mol. The summed E-state index contributed by atoms with van der Waals surface area (Å²) in [7, 11) is 3.98. The molecule has 0 bridgehead atoms. The molecule has 22 heavy (non-hydrogen) atoms. The van der Waals surface area contributed by atoms with Crippen molar-refractivity contribution in [1.82, 2.24) is 0 Å². The molecule has 7 heteroatoms. The lowest BCUT2D eigenvalue weighted by atomic mass is 10.2. The van der Waals surface area contributed by atoms with Crippen molar-refractivity contribution < 1.29 is 23.8 Å². The second kappa shape index (κ2) is 8.46. The van der Waals surface area contributed by atoms with Crippen molar-refractivity contribution in [1.29, 1.82) is 0 Å². The third-order valence-corrected chi connectivity index (χ3v) is 2.70. The Morgan fingerprint density at radius 1 is 1.09 bits per heavy atom. The molecule has 0 spiro atoms. The standard InChI is InChI=1S/C15H18N2O5/c1-20-11-6-4-10(5-7-11)9-17-13(15(19)22-3)8-12(16)14(18)21-2/h4-8H,9,16H2,1-3H3. The largest absolute Gasteiger partial charge is 0.497 e. The summed E-state index contributed by atoms with van der Waals surface area (Å²) < 4.78 is 14.1. The minimum atomic E-state index is -0.749. The number of hydrogen-bond acceptors (Lipinski definition) is 7. The molecule has 118 valence electrons. The fourth-order valence-electron chi connectivity index (χ4n) is 1.51. The van der Waals surface area contributed by atoms with E-state index in [1.54, 1.807) is 19.2 Å². The van der Waals surface area contributed by atoms with Crippen LogP contribution in [-0.4, -0.2) is 39.0 Å². The van der Waals surface area contributed by atoms with Crippen molar-refractivity contribution in [2.75, 3.05) is 21.3 Å². The number of carbonyl (C=O) groups excluding carboxylic acids is 2. The van der Waals surface area contributed by atoms with Gasteiger partial charge < -0.3 is 19.9 Å². The third kappa shape index (κ3) is 4.93. The lowest BCUT2D eigenvalue weighted by Crippen LogP contribution is -2.20. The molecule has 0 aliphatic rings. The number of rotatable bonds is 6. The van der Waals surface area contributed by atoms with E-state index in [0.717, 1.165) is 17.4 Å². The van der Waals surface area contributed by atoms with Gasteiger partial charge in [-0.25, -0.2) is 9.59 Å². The van der Waals surface area contributed by atoms with E-state index in [1.807, 2.05) is 12.1 Å². The number of ether oxygens (including phenoxy) is 3. The number of nitrogens with two attached hydrogens (primary N) is 1. The van der Waals surface area contributed by atoms with Crippen LogP contribution in [0.25, 0.3) is 0 Å². The van der Waals surface area contributed by atoms with E-state index in [1.165, 1.54) is 14.2 Å². The molecule has 0 atom stereocenters. The molecule has 0 saturated heterocycles. The molecule has 0 saturated carbocycles. The highest BCUT2D eigenvalue weighted by Gasteiger charge is 2.13. The Hall–Kier alpha value is -2.83. The molecule has 0 aromatic heterocycles. The molecular weight excluding hydrogens is 288 g/mol. The first-order chi connectivity index (χ1) is 10.5. The summed E-state index contributed by atoms with van der Waals surface area (Å²) in [5, 5.41) is 0. The van der Waals surface area contributed by atoms with Gasteiger partial charge in [0.25, 0.3) is 0 Å². The number of hydrogen-bond donors (Lipinski definition) is 1. The molecule has 7 nitrogen and oxygen atoms in total. The molecular formula is C15H18N2O5. The van der Waals surface area contributed by atoms with Crippen LogP contribution in [0.15, 0.2) is 41.0 Å². The minimum absolute atomic E-state index is 0.0683. The van der Waals surface area contributed by atoms with Gasteiger partial charge in [0.05, 0.1) is 27.9 Å². The number of nitrogens with zero attached hydrogens (tertiary/aromatic N) is 1. The Morgan fingerprint density at radius 2 is 1.68 bits per heavy atom. The van der Waals surface area contributed by atoms with E-state index in [0.29, 0.717) is 0 Å². The SMILES string of the molecule is COC(=O)C(N)=CC(=NCc1ccc(OC)cc1)C(=O)OC. The van der Waals surface area contributed by atoms with Crippen LogP contribution in [0.3, 0.4) is 0 Å². The number of carbonyl (C=O) groups is 2. The molecule has 1 aromatic carbocycles. The highest BCUT2D eigenvalue weighted by atomic mass is 16.5. The minimum Gasteiger partial charge on any atom is -0.497 e. The van der Waals surface area contributed by atoms with Crippen molar-refractivity contribution in [2.24, 2.45) is 10.7 Å². The molecule has 0 aliphatic carbocycles. The van der Waals surface area contributed by atoms with Gasteiger partial charge in [-0.05, 0) is 17.7 Å². The van der Waals surface area contributed by atoms with Gasteiger partial charge in [0.1, 0.15) is 17.2 Å². The summed E-state index contributed by atoms with van der Waals surface area (Å²) in [5.41, 5.74) is 6.06. The molecule has 0 radical (unpaired) electrons. The first-order valence-corrected chi connectivity index (χ1v) is 6.33. The van der Waals surface area contributed by atoms with Crippen LogP contribution in [0.5, 0.6) is 5.75 Å². The van der Waals surface area contributed by atoms with Crippen LogP contribution in [0.4, 0.5) is 0 Å². The van der Waals surface area contributed by atoms with Gasteiger partial charge in [-0.3, -0.25) is 4.99 Å². The van der Waals surface area contributed by atoms with E-state index < -0.39 is 11.9 Å². The molecule has 0 heterocycles. The van der Waals surface area contributed by atoms with Crippen LogP contribution in [0.2, 0.25) is 0 Å². The van der Waals surface area contributed by atoms with Gasteiger partial charge in [-0.2, -0.15) is 0 Å². The van der Waals surface area contributed by atoms with Gasteiger partial charge >= 0.3 is 11.9 Å². The maximum atomic E-state index is 11.7. The first-order valence-electron chi connectivity index (χ1n) is 6.33. The lowest BCUT2D eigenvalue weighted by Gasteiger charge is -2.04. The predicted molar refractivity (Wildman–Crippen MR) is 80.4 cm³/mol. The average molecular weight is 306 g/mol. The number of methoxy groups -OCH3 is 3. The maximum Gasteiger partial charge on any atom is 0.356 e. The van der Waals surface area contributed by atoms with Gasteiger partial charge in [0.2, 0.25) is 0 Å². The third-order valence-electron chi connectivity index (χ3n) is 2.70. The van der Waals surface area contributed by atoms with Crippen molar-refractivity contribution in [3.8, 4) is 5.75 Å². The highest BCUT2D eigenvalue weighted by Crippen LogP contribution is 2.12. The van der Waals surface area contributed by atoms with E-state index in [2.05, 4.69) is 14.5 Å². The summed E-state index contributed by atoms with van der Waals surface area (Å²) in [6, 6.07) is 7.18. The molecule has 1 aromatic rings. The fourth-order valence-corrected chi connectivity index (χ4v) is 1.51. The maximum absolute atomic E-state index is 11.7. The Bertz CT molecular complexity index is 590. The Morgan fingerprint density at radius 3 is 2.18 bits per heavy atom. The lowest BCUT2D eigenvalue weighted by molar-refractivity contribution is -0.136. The predicted octanol–water partition coefficient (Wildman–Crippen LogP) is 0.825. The van der Waals surface area contributed by atoms with E-state index in [9.17, 15) is 9.59 Å². The molecule has 0 fully saturated rings. The second-order valence-electron chi connectivity index (χ2n) is 4.13. The van der Waals surface area contributed by atoms with E-state index >= 15 is 0 Å². The summed E-state index contributed by atoms with van der Waals surface area (Å²) >= 11 is 0.